The summed E-state index contributed by atoms with van der Waals surface area (Å²) in [5, 5.41) is 0. The molecule has 29 heavy (non-hydrogen) atoms. The molecule has 1 atom stereocenters. The van der Waals surface area contributed by atoms with Crippen LogP contribution < -0.4 is 0 Å². The third-order valence-corrected chi connectivity index (χ3v) is 5.46. The standard InChI is InChI=1S/C27H26.C2H6/c1-19-4-10-22(11-5-19)25-16-26(23-12-6-20(2)7-13-23)18-27(17-25)24-14-8-21(3)9-15-24;1-2/h4-17,26H,18H2,1-3H3;1-2H3. The molecule has 3 aromatic carbocycles. The highest BCUT2D eigenvalue weighted by Gasteiger charge is 2.19. The van der Waals surface area contributed by atoms with E-state index in [1.165, 1.54) is 44.5 Å². The molecule has 0 fully saturated rings. The molecule has 4 rings (SSSR count). The van der Waals surface area contributed by atoms with Crippen molar-refractivity contribution in [2.75, 3.05) is 0 Å². The maximum atomic E-state index is 2.44. The lowest BCUT2D eigenvalue weighted by molar-refractivity contribution is 0.870. The van der Waals surface area contributed by atoms with Gasteiger partial charge >= 0.3 is 0 Å². The van der Waals surface area contributed by atoms with Crippen LogP contribution in [0.15, 0.2) is 84.9 Å². The molecule has 0 heteroatoms. The molecule has 0 radical (unpaired) electrons. The molecule has 0 saturated carbocycles. The summed E-state index contributed by atoms with van der Waals surface area (Å²) >= 11 is 0. The molecule has 0 bridgehead atoms. The molecule has 0 N–H and O–H groups in total. The average Bonchev–Trinajstić information content (AvgIpc) is 2.76. The Kier molecular flexibility index (Phi) is 6.88. The minimum Gasteiger partial charge on any atom is -0.0688 e. The molecule has 0 spiro atoms. The predicted molar refractivity (Wildman–Crippen MR) is 128 cm³/mol. The molecule has 1 aliphatic rings. The highest BCUT2D eigenvalue weighted by atomic mass is 14.2. The number of rotatable bonds is 3. The van der Waals surface area contributed by atoms with Gasteiger partial charge in [-0.15, -0.1) is 0 Å². The van der Waals surface area contributed by atoms with E-state index in [0.29, 0.717) is 5.92 Å². The van der Waals surface area contributed by atoms with Gasteiger partial charge in [-0.2, -0.15) is 0 Å². The van der Waals surface area contributed by atoms with E-state index in [1.54, 1.807) is 0 Å². The van der Waals surface area contributed by atoms with Gasteiger partial charge in [0.2, 0.25) is 0 Å². The lowest BCUT2D eigenvalue weighted by atomic mass is 9.81. The third kappa shape index (κ3) is 5.15. The summed E-state index contributed by atoms with van der Waals surface area (Å²) in [6, 6.07) is 26.8. The number of allylic oxidation sites excluding steroid dienone is 4. The zero-order valence-electron chi connectivity index (χ0n) is 18.4. The van der Waals surface area contributed by atoms with E-state index < -0.39 is 0 Å². The summed E-state index contributed by atoms with van der Waals surface area (Å²) in [7, 11) is 0. The normalized spacial score (nSPS) is 15.7. The van der Waals surface area contributed by atoms with Crippen LogP contribution in [0.5, 0.6) is 0 Å². The molecule has 0 aromatic heterocycles. The van der Waals surface area contributed by atoms with E-state index in [-0.39, 0.29) is 0 Å². The Morgan fingerprint density at radius 2 is 1.03 bits per heavy atom. The Bertz CT molecular complexity index is 981. The van der Waals surface area contributed by atoms with E-state index in [4.69, 9.17) is 0 Å². The molecule has 0 amide bonds. The lowest BCUT2D eigenvalue weighted by Gasteiger charge is -2.23. The minimum atomic E-state index is 0.406. The van der Waals surface area contributed by atoms with Crippen LogP contribution in [-0.2, 0) is 0 Å². The Morgan fingerprint density at radius 1 is 0.586 bits per heavy atom. The van der Waals surface area contributed by atoms with Crippen LogP contribution in [0.25, 0.3) is 11.1 Å². The van der Waals surface area contributed by atoms with E-state index in [0.717, 1.165) is 6.42 Å². The number of hydrogen-bond acceptors (Lipinski definition) is 0. The van der Waals surface area contributed by atoms with Gasteiger partial charge in [0.05, 0.1) is 0 Å². The first-order valence-corrected chi connectivity index (χ1v) is 10.7. The van der Waals surface area contributed by atoms with Gasteiger partial charge in [-0.3, -0.25) is 0 Å². The molecule has 1 aliphatic carbocycles. The van der Waals surface area contributed by atoms with Gasteiger partial charge in [-0.1, -0.05) is 115 Å². The summed E-state index contributed by atoms with van der Waals surface area (Å²) in [6.45, 7) is 10.4. The summed E-state index contributed by atoms with van der Waals surface area (Å²) < 4.78 is 0. The van der Waals surface area contributed by atoms with Gasteiger partial charge in [0.25, 0.3) is 0 Å². The molecule has 0 nitrogen and oxygen atoms in total. The summed E-state index contributed by atoms with van der Waals surface area (Å²) in [5.74, 6) is 0.406. The number of benzene rings is 3. The van der Waals surface area contributed by atoms with Gasteiger partial charge in [-0.05, 0) is 55.0 Å². The number of aryl methyl sites for hydroxylation is 3. The second-order valence-corrected chi connectivity index (χ2v) is 7.74. The fraction of sp³-hybridized carbons (Fsp3) is 0.241. The summed E-state index contributed by atoms with van der Waals surface area (Å²) in [4.78, 5) is 0. The fourth-order valence-electron chi connectivity index (χ4n) is 3.73. The molecular weight excluding hydrogens is 348 g/mol. The largest absolute Gasteiger partial charge is 0.0688 e. The topological polar surface area (TPSA) is 0 Å². The van der Waals surface area contributed by atoms with Crippen molar-refractivity contribution in [1.29, 1.82) is 0 Å². The monoisotopic (exact) mass is 380 g/mol. The van der Waals surface area contributed by atoms with Crippen LogP contribution in [-0.4, -0.2) is 0 Å². The zero-order valence-corrected chi connectivity index (χ0v) is 18.4. The Hall–Kier alpha value is -2.86. The van der Waals surface area contributed by atoms with Gasteiger partial charge in [0.1, 0.15) is 0 Å². The van der Waals surface area contributed by atoms with Crippen molar-refractivity contribution in [2.45, 2.75) is 47.0 Å². The predicted octanol–water partition coefficient (Wildman–Crippen LogP) is 8.29. The Morgan fingerprint density at radius 3 is 1.55 bits per heavy atom. The fourth-order valence-corrected chi connectivity index (χ4v) is 3.73. The smallest absolute Gasteiger partial charge is 0.00678 e. The maximum Gasteiger partial charge on any atom is 0.00678 e. The maximum absolute atomic E-state index is 2.44. The van der Waals surface area contributed by atoms with Gasteiger partial charge in [0, 0.05) is 5.92 Å². The van der Waals surface area contributed by atoms with Crippen molar-refractivity contribution >= 4 is 11.1 Å². The minimum absolute atomic E-state index is 0.406. The van der Waals surface area contributed by atoms with E-state index in [1.807, 2.05) is 13.8 Å². The van der Waals surface area contributed by atoms with Crippen LogP contribution in [0.3, 0.4) is 0 Å². The lowest BCUT2D eigenvalue weighted by Crippen LogP contribution is -2.04. The van der Waals surface area contributed by atoms with E-state index in [9.17, 15) is 0 Å². The molecule has 3 aromatic rings. The van der Waals surface area contributed by atoms with Crippen LogP contribution in [0, 0.1) is 20.8 Å². The van der Waals surface area contributed by atoms with Crippen LogP contribution in [0.1, 0.15) is 59.6 Å². The van der Waals surface area contributed by atoms with Crippen molar-refractivity contribution in [3.63, 3.8) is 0 Å². The quantitative estimate of drug-likeness (QED) is 0.429. The summed E-state index contributed by atoms with van der Waals surface area (Å²) in [5.41, 5.74) is 10.7. The third-order valence-electron chi connectivity index (χ3n) is 5.46. The molecule has 0 heterocycles. The highest BCUT2D eigenvalue weighted by Crippen LogP contribution is 2.39. The highest BCUT2D eigenvalue weighted by molar-refractivity contribution is 5.87. The van der Waals surface area contributed by atoms with Crippen molar-refractivity contribution in [2.24, 2.45) is 0 Å². The van der Waals surface area contributed by atoms with Gasteiger partial charge in [0.15, 0.2) is 0 Å². The molecule has 0 saturated heterocycles. The van der Waals surface area contributed by atoms with Crippen molar-refractivity contribution in [3.05, 3.63) is 118 Å². The van der Waals surface area contributed by atoms with Gasteiger partial charge in [-0.25, -0.2) is 0 Å². The first-order chi connectivity index (χ1) is 14.1. The molecular formula is C29H32. The number of hydrogen-bond donors (Lipinski definition) is 0. The van der Waals surface area contributed by atoms with Crippen molar-refractivity contribution < 1.29 is 0 Å². The van der Waals surface area contributed by atoms with Crippen LogP contribution >= 0.6 is 0 Å². The average molecular weight is 381 g/mol. The first-order valence-electron chi connectivity index (χ1n) is 10.7. The molecule has 148 valence electrons. The first kappa shape index (κ1) is 20.9. The van der Waals surface area contributed by atoms with E-state index >= 15 is 0 Å². The zero-order chi connectivity index (χ0) is 20.8. The summed E-state index contributed by atoms with van der Waals surface area (Å²) in [6.07, 6.45) is 5.86. The Balaban J connectivity index is 0.00000117. The van der Waals surface area contributed by atoms with Crippen molar-refractivity contribution in [1.82, 2.24) is 0 Å². The second-order valence-electron chi connectivity index (χ2n) is 7.74. The van der Waals surface area contributed by atoms with Gasteiger partial charge < -0.3 is 0 Å². The SMILES string of the molecule is CC.Cc1ccc(C2=CC(c3ccc(C)cc3)CC(c3ccc(C)cc3)=C2)cc1. The van der Waals surface area contributed by atoms with Crippen LogP contribution in [0.4, 0.5) is 0 Å². The van der Waals surface area contributed by atoms with E-state index in [2.05, 4.69) is 106 Å². The van der Waals surface area contributed by atoms with Crippen LogP contribution in [0.2, 0.25) is 0 Å². The molecule has 1 unspecified atom stereocenters. The molecule has 0 aliphatic heterocycles. The van der Waals surface area contributed by atoms with Crippen molar-refractivity contribution in [3.8, 4) is 0 Å². The Labute approximate surface area is 176 Å². The second kappa shape index (κ2) is 9.56.